The lowest BCUT2D eigenvalue weighted by Gasteiger charge is -2.00. The largest absolute Gasteiger partial charge is 0.345 e. The second-order valence-corrected chi connectivity index (χ2v) is 6.32. The van der Waals surface area contributed by atoms with Gasteiger partial charge in [-0.05, 0) is 29.3 Å². The van der Waals surface area contributed by atoms with Crippen LogP contribution < -0.4 is 5.32 Å². The lowest BCUT2D eigenvalue weighted by Crippen LogP contribution is -2.21. The minimum absolute atomic E-state index is 0.173. The van der Waals surface area contributed by atoms with Crippen molar-refractivity contribution in [2.45, 2.75) is 5.75 Å². The van der Waals surface area contributed by atoms with Gasteiger partial charge in [0.1, 0.15) is 5.70 Å². The number of amidine groups is 1. The molecular formula is C18H14N4OS. The van der Waals surface area contributed by atoms with Gasteiger partial charge in [0, 0.05) is 5.75 Å². The number of nitrogens with one attached hydrogen (secondary N) is 2. The van der Waals surface area contributed by atoms with E-state index >= 15 is 0 Å². The van der Waals surface area contributed by atoms with E-state index in [9.17, 15) is 4.79 Å². The average Bonchev–Trinajstić information content (AvgIpc) is 3.20. The molecule has 6 heteroatoms. The Morgan fingerprint density at radius 2 is 2.00 bits per heavy atom. The quantitative estimate of drug-likeness (QED) is 0.722. The second-order valence-electron chi connectivity index (χ2n) is 5.35. The standard InChI is InChI=1S/C18H14N4OS/c23-17-16(9-13-6-7-14-15(8-13)20-11-19-14)21-18(22-17)24-10-12-4-2-1-3-5-12/h1-9,11H,10H2,(H,19,20)(H,21,22,23)/b16-9-. The topological polar surface area (TPSA) is 70.1 Å². The fraction of sp³-hybridized carbons (Fsp3) is 0.0556. The van der Waals surface area contributed by atoms with Crippen LogP contribution in [0.3, 0.4) is 0 Å². The first-order chi connectivity index (χ1) is 11.8. The van der Waals surface area contributed by atoms with Crippen molar-refractivity contribution in [2.24, 2.45) is 4.99 Å². The number of hydrogen-bond acceptors (Lipinski definition) is 4. The summed E-state index contributed by atoms with van der Waals surface area (Å²) in [5, 5.41) is 3.45. The van der Waals surface area contributed by atoms with Crippen molar-refractivity contribution in [1.82, 2.24) is 15.3 Å². The molecule has 5 nitrogen and oxygen atoms in total. The SMILES string of the molecule is O=C1NC(SCc2ccccc2)=N/C1=C\c1ccc2[nH]cnc2c1. The fourth-order valence-electron chi connectivity index (χ4n) is 2.44. The third-order valence-corrected chi connectivity index (χ3v) is 4.59. The average molecular weight is 334 g/mol. The maximum atomic E-state index is 12.1. The Balaban J connectivity index is 1.52. The summed E-state index contributed by atoms with van der Waals surface area (Å²) in [5.74, 6) is 0.597. The number of hydrogen-bond donors (Lipinski definition) is 2. The van der Waals surface area contributed by atoms with Crippen LogP contribution in [0.25, 0.3) is 17.1 Å². The van der Waals surface area contributed by atoms with Gasteiger partial charge in [0.2, 0.25) is 0 Å². The Kier molecular flexibility index (Phi) is 3.88. The van der Waals surface area contributed by atoms with Crippen LogP contribution in [-0.2, 0) is 10.5 Å². The molecule has 0 bridgehead atoms. The zero-order valence-electron chi connectivity index (χ0n) is 12.7. The Bertz CT molecular complexity index is 959. The van der Waals surface area contributed by atoms with E-state index in [4.69, 9.17) is 0 Å². The number of nitrogens with zero attached hydrogens (tertiary/aromatic N) is 2. The number of imidazole rings is 1. The van der Waals surface area contributed by atoms with Crippen molar-refractivity contribution in [1.29, 1.82) is 0 Å². The monoisotopic (exact) mass is 334 g/mol. The normalized spacial score (nSPS) is 15.8. The van der Waals surface area contributed by atoms with E-state index < -0.39 is 0 Å². The first-order valence-corrected chi connectivity index (χ1v) is 8.48. The summed E-state index contributed by atoms with van der Waals surface area (Å²) in [5.41, 5.74) is 4.35. The van der Waals surface area contributed by atoms with Crippen molar-refractivity contribution in [3.63, 3.8) is 0 Å². The highest BCUT2D eigenvalue weighted by Crippen LogP contribution is 2.21. The minimum atomic E-state index is -0.173. The number of rotatable bonds is 3. The molecule has 0 atom stereocenters. The molecule has 0 fully saturated rings. The van der Waals surface area contributed by atoms with Gasteiger partial charge < -0.3 is 4.98 Å². The van der Waals surface area contributed by atoms with Gasteiger partial charge in [0.05, 0.1) is 17.4 Å². The molecule has 118 valence electrons. The van der Waals surface area contributed by atoms with E-state index in [0.29, 0.717) is 10.9 Å². The van der Waals surface area contributed by atoms with Crippen molar-refractivity contribution in [2.75, 3.05) is 0 Å². The van der Waals surface area contributed by atoms with Gasteiger partial charge in [-0.25, -0.2) is 9.98 Å². The summed E-state index contributed by atoms with van der Waals surface area (Å²) in [6, 6.07) is 15.9. The molecule has 1 aliphatic heterocycles. The fourth-order valence-corrected chi connectivity index (χ4v) is 3.26. The Morgan fingerprint density at radius 1 is 1.12 bits per heavy atom. The number of amides is 1. The Hall–Kier alpha value is -2.86. The maximum absolute atomic E-state index is 12.1. The number of carbonyl (C=O) groups is 1. The number of thioether (sulfide) groups is 1. The van der Waals surface area contributed by atoms with Crippen LogP contribution in [-0.4, -0.2) is 21.0 Å². The highest BCUT2D eigenvalue weighted by Gasteiger charge is 2.20. The van der Waals surface area contributed by atoms with Crippen LogP contribution in [0.15, 0.2) is 65.5 Å². The number of aromatic amines is 1. The summed E-state index contributed by atoms with van der Waals surface area (Å²) < 4.78 is 0. The van der Waals surface area contributed by atoms with Crippen molar-refractivity contribution >= 4 is 39.9 Å². The molecule has 1 aliphatic rings. The van der Waals surface area contributed by atoms with Crippen LogP contribution in [0.4, 0.5) is 0 Å². The summed E-state index contributed by atoms with van der Waals surface area (Å²) in [6.45, 7) is 0. The molecule has 4 rings (SSSR count). The highest BCUT2D eigenvalue weighted by atomic mass is 32.2. The zero-order valence-corrected chi connectivity index (χ0v) is 13.5. The van der Waals surface area contributed by atoms with Crippen molar-refractivity contribution in [3.05, 3.63) is 71.7 Å². The van der Waals surface area contributed by atoms with E-state index in [0.717, 1.165) is 22.3 Å². The molecule has 0 spiro atoms. The number of carbonyl (C=O) groups excluding carboxylic acids is 1. The van der Waals surface area contributed by atoms with Gasteiger partial charge in [-0.1, -0.05) is 48.2 Å². The molecule has 2 aromatic carbocycles. The summed E-state index contributed by atoms with van der Waals surface area (Å²) in [4.78, 5) is 23.8. The van der Waals surface area contributed by atoms with Gasteiger partial charge in [0.15, 0.2) is 5.17 Å². The molecule has 0 unspecified atom stereocenters. The molecule has 2 heterocycles. The molecule has 1 amide bonds. The molecule has 24 heavy (non-hydrogen) atoms. The van der Waals surface area contributed by atoms with Gasteiger partial charge in [-0.3, -0.25) is 10.1 Å². The number of fused-ring (bicyclic) bond motifs is 1. The third-order valence-electron chi connectivity index (χ3n) is 3.64. The molecule has 0 saturated heterocycles. The van der Waals surface area contributed by atoms with Crippen LogP contribution in [0.1, 0.15) is 11.1 Å². The highest BCUT2D eigenvalue weighted by molar-refractivity contribution is 8.13. The second kappa shape index (κ2) is 6.33. The number of H-pyrrole nitrogens is 1. The maximum Gasteiger partial charge on any atom is 0.275 e. The predicted molar refractivity (Wildman–Crippen MR) is 97.4 cm³/mol. The summed E-state index contributed by atoms with van der Waals surface area (Å²) >= 11 is 1.52. The number of aliphatic imine (C=N–C) groups is 1. The van der Waals surface area contributed by atoms with Gasteiger partial charge >= 0.3 is 0 Å². The molecule has 0 aliphatic carbocycles. The van der Waals surface area contributed by atoms with Crippen molar-refractivity contribution < 1.29 is 4.79 Å². The van der Waals surface area contributed by atoms with E-state index in [2.05, 4.69) is 32.4 Å². The summed E-state index contributed by atoms with van der Waals surface area (Å²) in [6.07, 6.45) is 3.43. The lowest BCUT2D eigenvalue weighted by atomic mass is 10.1. The molecule has 2 N–H and O–H groups in total. The first kappa shape index (κ1) is 14.7. The van der Waals surface area contributed by atoms with Crippen LogP contribution in [0.5, 0.6) is 0 Å². The molecule has 0 radical (unpaired) electrons. The van der Waals surface area contributed by atoms with Gasteiger partial charge in [0.25, 0.3) is 5.91 Å². The van der Waals surface area contributed by atoms with Crippen LogP contribution >= 0.6 is 11.8 Å². The van der Waals surface area contributed by atoms with Crippen molar-refractivity contribution in [3.8, 4) is 0 Å². The van der Waals surface area contributed by atoms with Crippen LogP contribution in [0, 0.1) is 0 Å². The Labute approximate surface area is 142 Å². The van der Waals surface area contributed by atoms with Gasteiger partial charge in [-0.15, -0.1) is 0 Å². The predicted octanol–water partition coefficient (Wildman–Crippen LogP) is 3.32. The van der Waals surface area contributed by atoms with E-state index in [-0.39, 0.29) is 5.91 Å². The molecule has 1 aromatic heterocycles. The molecule has 3 aromatic rings. The number of benzene rings is 2. The molecular weight excluding hydrogens is 320 g/mol. The molecule has 0 saturated carbocycles. The zero-order chi connectivity index (χ0) is 16.4. The lowest BCUT2D eigenvalue weighted by molar-refractivity contribution is -0.115. The number of aromatic nitrogens is 2. The summed E-state index contributed by atoms with van der Waals surface area (Å²) in [7, 11) is 0. The smallest absolute Gasteiger partial charge is 0.275 e. The van der Waals surface area contributed by atoms with Gasteiger partial charge in [-0.2, -0.15) is 0 Å². The van der Waals surface area contributed by atoms with E-state index in [1.165, 1.54) is 17.3 Å². The van der Waals surface area contributed by atoms with E-state index in [1.54, 1.807) is 12.4 Å². The third kappa shape index (κ3) is 3.09. The Morgan fingerprint density at radius 3 is 2.88 bits per heavy atom. The van der Waals surface area contributed by atoms with Crippen LogP contribution in [0.2, 0.25) is 0 Å². The van der Waals surface area contributed by atoms with E-state index in [1.807, 2.05) is 36.4 Å². The minimum Gasteiger partial charge on any atom is -0.345 e. The first-order valence-electron chi connectivity index (χ1n) is 7.49.